The topological polar surface area (TPSA) is 17.1 Å². The van der Waals surface area contributed by atoms with Gasteiger partial charge in [-0.1, -0.05) is 52.3 Å². The minimum Gasteiger partial charge on any atom is -0.293 e. The van der Waals surface area contributed by atoms with Crippen LogP contribution >= 0.6 is 15.9 Å². The van der Waals surface area contributed by atoms with Crippen molar-refractivity contribution in [2.75, 3.05) is 0 Å². The van der Waals surface area contributed by atoms with E-state index in [1.165, 1.54) is 5.56 Å². The lowest BCUT2D eigenvalue weighted by Gasteiger charge is -2.09. The van der Waals surface area contributed by atoms with Gasteiger partial charge in [-0.2, -0.15) is 0 Å². The van der Waals surface area contributed by atoms with Crippen molar-refractivity contribution in [3.8, 4) is 0 Å². The highest BCUT2D eigenvalue weighted by Crippen LogP contribution is 2.24. The maximum absolute atomic E-state index is 12.0. The third-order valence-electron chi connectivity index (χ3n) is 2.77. The van der Waals surface area contributed by atoms with Crippen molar-refractivity contribution in [1.82, 2.24) is 0 Å². The monoisotopic (exact) mass is 276 g/mol. The molecule has 1 atom stereocenters. The Hall–Kier alpha value is -1.15. The van der Waals surface area contributed by atoms with Gasteiger partial charge in [-0.25, -0.2) is 0 Å². The lowest BCUT2D eigenvalue weighted by atomic mass is 9.97. The molecule has 0 aliphatic carbocycles. The van der Waals surface area contributed by atoms with Gasteiger partial charge in [0, 0.05) is 5.56 Å². The molecule has 0 N–H and O–H groups in total. The summed E-state index contributed by atoms with van der Waals surface area (Å²) in [4.78, 5) is 11.9. The van der Waals surface area contributed by atoms with Gasteiger partial charge < -0.3 is 0 Å². The Morgan fingerprint density at radius 2 is 1.75 bits per heavy atom. The third-order valence-corrected chi connectivity index (χ3v) is 3.18. The first kappa shape index (κ1) is 11.3. The largest absolute Gasteiger partial charge is 0.293 e. The molecule has 0 bridgehead atoms. The fourth-order valence-electron chi connectivity index (χ4n) is 1.88. The van der Waals surface area contributed by atoms with E-state index in [4.69, 9.17) is 0 Å². The van der Waals surface area contributed by atoms with Crippen LogP contribution < -0.4 is 0 Å². The van der Waals surface area contributed by atoms with Crippen LogP contribution in [0.4, 0.5) is 0 Å². The maximum atomic E-state index is 12.0. The van der Waals surface area contributed by atoms with Gasteiger partial charge in [0.1, 0.15) is 0 Å². The SMILES string of the molecule is Cc1ccc(C(=O)C(C)Br)c2ccccc12. The van der Waals surface area contributed by atoms with Crippen LogP contribution in [0, 0.1) is 6.92 Å². The van der Waals surface area contributed by atoms with Crippen LogP contribution in [0.2, 0.25) is 0 Å². The van der Waals surface area contributed by atoms with Gasteiger partial charge in [0.05, 0.1) is 4.83 Å². The highest BCUT2D eigenvalue weighted by molar-refractivity contribution is 9.10. The van der Waals surface area contributed by atoms with E-state index in [0.29, 0.717) is 0 Å². The van der Waals surface area contributed by atoms with E-state index in [1.807, 2.05) is 37.3 Å². The van der Waals surface area contributed by atoms with E-state index in [2.05, 4.69) is 28.9 Å². The number of Topliss-reactive ketones (excluding diaryl/α,β-unsaturated/α-hetero) is 1. The molecule has 0 fully saturated rings. The minimum atomic E-state index is -0.140. The quantitative estimate of drug-likeness (QED) is 0.596. The lowest BCUT2D eigenvalue weighted by molar-refractivity contribution is 0.0997. The molecule has 0 saturated heterocycles. The highest BCUT2D eigenvalue weighted by atomic mass is 79.9. The van der Waals surface area contributed by atoms with Gasteiger partial charge in [-0.15, -0.1) is 0 Å². The van der Waals surface area contributed by atoms with Crippen LogP contribution in [0.3, 0.4) is 0 Å². The Morgan fingerprint density at radius 1 is 1.12 bits per heavy atom. The summed E-state index contributed by atoms with van der Waals surface area (Å²) in [6.07, 6.45) is 0. The van der Waals surface area contributed by atoms with Crippen LogP contribution in [0.15, 0.2) is 36.4 Å². The molecule has 2 heteroatoms. The summed E-state index contributed by atoms with van der Waals surface area (Å²) in [5.41, 5.74) is 2.00. The summed E-state index contributed by atoms with van der Waals surface area (Å²) in [6.45, 7) is 3.92. The Morgan fingerprint density at radius 3 is 2.38 bits per heavy atom. The highest BCUT2D eigenvalue weighted by Gasteiger charge is 2.15. The Kier molecular flexibility index (Phi) is 3.10. The first-order valence-corrected chi connectivity index (χ1v) is 6.19. The number of rotatable bonds is 2. The zero-order valence-corrected chi connectivity index (χ0v) is 10.9. The van der Waals surface area contributed by atoms with Gasteiger partial charge in [0.25, 0.3) is 0 Å². The normalized spacial score (nSPS) is 12.7. The molecule has 0 aromatic heterocycles. The van der Waals surface area contributed by atoms with Crippen molar-refractivity contribution in [2.24, 2.45) is 0 Å². The average Bonchev–Trinajstić information content (AvgIpc) is 2.29. The molecule has 2 rings (SSSR count). The van der Waals surface area contributed by atoms with Crippen molar-refractivity contribution >= 4 is 32.5 Å². The number of hydrogen-bond acceptors (Lipinski definition) is 1. The zero-order valence-electron chi connectivity index (χ0n) is 9.33. The minimum absolute atomic E-state index is 0.135. The number of carbonyl (C=O) groups excluding carboxylic acids is 1. The van der Waals surface area contributed by atoms with Crippen molar-refractivity contribution in [3.05, 3.63) is 47.5 Å². The smallest absolute Gasteiger partial charge is 0.176 e. The molecular weight excluding hydrogens is 264 g/mol. The van der Waals surface area contributed by atoms with E-state index >= 15 is 0 Å². The molecule has 1 unspecified atom stereocenters. The second-order valence-corrected chi connectivity index (χ2v) is 5.33. The summed E-state index contributed by atoms with van der Waals surface area (Å²) in [5, 5.41) is 2.19. The number of carbonyl (C=O) groups is 1. The van der Waals surface area contributed by atoms with E-state index in [0.717, 1.165) is 16.3 Å². The standard InChI is InChI=1S/C14H13BrO/c1-9-7-8-13(14(16)10(2)15)12-6-4-3-5-11(9)12/h3-8,10H,1-2H3. The average molecular weight is 277 g/mol. The molecule has 2 aromatic carbocycles. The number of aryl methyl sites for hydroxylation is 1. The summed E-state index contributed by atoms with van der Waals surface area (Å²) in [5.74, 6) is 0.135. The van der Waals surface area contributed by atoms with Crippen molar-refractivity contribution in [1.29, 1.82) is 0 Å². The summed E-state index contributed by atoms with van der Waals surface area (Å²) in [7, 11) is 0. The summed E-state index contributed by atoms with van der Waals surface area (Å²) in [6, 6.07) is 12.0. The van der Waals surface area contributed by atoms with Crippen molar-refractivity contribution in [2.45, 2.75) is 18.7 Å². The van der Waals surface area contributed by atoms with Gasteiger partial charge in [-0.3, -0.25) is 4.79 Å². The van der Waals surface area contributed by atoms with Crippen molar-refractivity contribution in [3.63, 3.8) is 0 Å². The van der Waals surface area contributed by atoms with Gasteiger partial charge in [0.2, 0.25) is 0 Å². The van der Waals surface area contributed by atoms with E-state index in [1.54, 1.807) is 0 Å². The molecule has 82 valence electrons. The predicted octanol–water partition coefficient (Wildman–Crippen LogP) is 4.11. The Labute approximate surface area is 104 Å². The molecule has 0 heterocycles. The first-order chi connectivity index (χ1) is 7.61. The van der Waals surface area contributed by atoms with E-state index in [9.17, 15) is 4.79 Å². The number of fused-ring (bicyclic) bond motifs is 1. The fourth-order valence-corrected chi connectivity index (χ4v) is 2.13. The lowest BCUT2D eigenvalue weighted by Crippen LogP contribution is -2.10. The fraction of sp³-hybridized carbons (Fsp3) is 0.214. The molecule has 0 aliphatic heterocycles. The number of ketones is 1. The third kappa shape index (κ3) is 1.90. The van der Waals surface area contributed by atoms with Gasteiger partial charge >= 0.3 is 0 Å². The van der Waals surface area contributed by atoms with E-state index in [-0.39, 0.29) is 10.6 Å². The second-order valence-electron chi connectivity index (χ2n) is 3.96. The molecular formula is C14H13BrO. The molecule has 16 heavy (non-hydrogen) atoms. The molecule has 1 nitrogen and oxygen atoms in total. The second kappa shape index (κ2) is 4.38. The summed E-state index contributed by atoms with van der Waals surface area (Å²) >= 11 is 3.33. The first-order valence-electron chi connectivity index (χ1n) is 5.28. The molecule has 0 radical (unpaired) electrons. The Bertz CT molecular complexity index is 543. The van der Waals surface area contributed by atoms with Crippen LogP contribution in [0.5, 0.6) is 0 Å². The zero-order chi connectivity index (χ0) is 11.7. The van der Waals surface area contributed by atoms with Gasteiger partial charge in [0.15, 0.2) is 5.78 Å². The Balaban J connectivity index is 2.72. The molecule has 2 aromatic rings. The molecule has 0 amide bonds. The predicted molar refractivity (Wildman–Crippen MR) is 71.4 cm³/mol. The van der Waals surface area contributed by atoms with Crippen LogP contribution in [-0.4, -0.2) is 10.6 Å². The van der Waals surface area contributed by atoms with Crippen LogP contribution in [-0.2, 0) is 0 Å². The van der Waals surface area contributed by atoms with Crippen LogP contribution in [0.25, 0.3) is 10.8 Å². The molecule has 0 saturated carbocycles. The van der Waals surface area contributed by atoms with Gasteiger partial charge in [-0.05, 0) is 30.2 Å². The number of benzene rings is 2. The number of alkyl halides is 1. The van der Waals surface area contributed by atoms with Crippen LogP contribution in [0.1, 0.15) is 22.8 Å². The van der Waals surface area contributed by atoms with Crippen molar-refractivity contribution < 1.29 is 4.79 Å². The maximum Gasteiger partial charge on any atom is 0.176 e. The van der Waals surface area contributed by atoms with E-state index < -0.39 is 0 Å². The molecule has 0 spiro atoms. The molecule has 0 aliphatic rings. The number of halogens is 1. The number of hydrogen-bond donors (Lipinski definition) is 0. The summed E-state index contributed by atoms with van der Waals surface area (Å²) < 4.78 is 0.